The van der Waals surface area contributed by atoms with Crippen molar-refractivity contribution in [3.05, 3.63) is 416 Å². The molecule has 14 aromatic rings. The lowest BCUT2D eigenvalue weighted by Gasteiger charge is -2.49. The summed E-state index contributed by atoms with van der Waals surface area (Å²) >= 11 is 0. The predicted molar refractivity (Wildman–Crippen MR) is 591 cm³/mol. The van der Waals surface area contributed by atoms with Crippen LogP contribution in [0.15, 0.2) is 182 Å². The number of hydrogen-bond donors (Lipinski definition) is 12. The molecule has 0 bridgehead atoms. The fraction of sp³-hybridized carbons (Fsp3) is 0.344. The molecule has 14 heteroatoms. The minimum Gasteiger partial charge on any atom is -0.507 e. The van der Waals surface area contributed by atoms with E-state index in [9.17, 15) is 70.9 Å². The first-order chi connectivity index (χ1) is 67.3. The van der Waals surface area contributed by atoms with Crippen LogP contribution in [0.1, 0.15) is 338 Å². The second-order valence-electron chi connectivity index (χ2n) is 44.5. The molecule has 0 aromatic heterocycles. The molecule has 12 N–H and O–H groups in total. The Balaban J connectivity index is 0.000000174. The summed E-state index contributed by atoms with van der Waals surface area (Å²) in [7, 11) is 0. The van der Waals surface area contributed by atoms with Gasteiger partial charge in [0.1, 0.15) is 69.0 Å². The van der Waals surface area contributed by atoms with Gasteiger partial charge in [0, 0.05) is 49.0 Å². The van der Waals surface area contributed by atoms with Crippen molar-refractivity contribution in [1.29, 1.82) is 0 Å². The molecular weight excluding hydrogens is 1800 g/mol. The molecule has 0 amide bonds. The molecule has 1 fully saturated rings. The van der Waals surface area contributed by atoms with Gasteiger partial charge in [-0.1, -0.05) is 205 Å². The highest BCUT2D eigenvalue weighted by Crippen LogP contribution is 2.58. The third kappa shape index (κ3) is 20.8. The highest BCUT2D eigenvalue weighted by molar-refractivity contribution is 6.00. The standard InChI is InChI=1S/C39H48O3.C38H44O4.C28H30O4.C26H30O3/c1-22-13-28(14-23(2)34(22)40)37(7,8)31-19-32(38(9,10)29-15-24(3)35(41)25(4)16-29)21-33(20-31)39(11,12)30-17-26(5)36(42)27(6)18-30;1-21-13-29(14-22(2)33(21)39)37(30-15-23(3)34(40)24(4)16-30)9-11-38(12-10-37,31-17-25(5)35(41)26(6)18-31)32-19-27(7)36(42)28(8)20-32;1-15-8-23(9-16(2)26(15)31)28(7,24-10-17(3)27(32)18(4)11-24)25-13-21(19(5)29)12-22(14-25)20(6)30;1-14-8-20(9-15(2)23(14)27)26(7,21-10-16(3)24(28)17(4)11-21)22-12-18(5)25(29)19(6)13-22/h13-21,40-42H,1-12H3;13-20,39-42H,9-12H2,1-8H3;8-14,31-32H,1-7H3;8-13,27-29H,1-7H3. The van der Waals surface area contributed by atoms with E-state index >= 15 is 0 Å². The number of aryl methyl sites for hydroxylation is 24. The maximum Gasteiger partial charge on any atom is 0.159 e. The summed E-state index contributed by atoms with van der Waals surface area (Å²) in [5.41, 5.74) is 35.7. The van der Waals surface area contributed by atoms with Crippen LogP contribution in [0, 0.1) is 166 Å². The van der Waals surface area contributed by atoms with E-state index in [-0.39, 0.29) is 50.1 Å². The maximum absolute atomic E-state index is 12.3. The van der Waals surface area contributed by atoms with Crippen molar-refractivity contribution in [2.75, 3.05) is 0 Å². The molecule has 760 valence electrons. The fourth-order valence-corrected chi connectivity index (χ4v) is 22.2. The Morgan fingerprint density at radius 1 is 0.172 bits per heavy atom. The molecule has 0 saturated heterocycles. The summed E-state index contributed by atoms with van der Waals surface area (Å²) in [5, 5.41) is 126. The summed E-state index contributed by atoms with van der Waals surface area (Å²) in [6.45, 7) is 67.0. The zero-order valence-electron chi connectivity index (χ0n) is 91.8. The van der Waals surface area contributed by atoms with Crippen LogP contribution in [-0.4, -0.2) is 72.8 Å². The van der Waals surface area contributed by atoms with E-state index < -0.39 is 10.8 Å². The van der Waals surface area contributed by atoms with Crippen molar-refractivity contribution in [1.82, 2.24) is 0 Å². The van der Waals surface area contributed by atoms with Crippen LogP contribution in [0.4, 0.5) is 0 Å². The van der Waals surface area contributed by atoms with Crippen molar-refractivity contribution in [2.24, 2.45) is 0 Å². The fourth-order valence-electron chi connectivity index (χ4n) is 22.2. The number of carbonyl (C=O) groups excluding carboxylic acids is 2. The number of phenols is 12. The number of aromatic hydroxyl groups is 12. The van der Waals surface area contributed by atoms with Gasteiger partial charge in [0.25, 0.3) is 0 Å². The second kappa shape index (κ2) is 40.9. The molecule has 0 heterocycles. The van der Waals surface area contributed by atoms with Crippen LogP contribution in [0.2, 0.25) is 0 Å². The number of Topliss-reactive ketones (excluding diaryl/α,β-unsaturated/α-hetero) is 2. The molecule has 0 radical (unpaired) electrons. The lowest BCUT2D eigenvalue weighted by atomic mass is 9.54. The SMILES string of the molecule is CC(=O)c1cc(C(C)=O)cc(C(C)(c2cc(C)c(O)c(C)c2)c2cc(C)c(O)c(C)c2)c1.Cc1cc(C(C)(C)c2cc(C(C)(C)c3cc(C)c(O)c(C)c3)cc(C(C)(C)c3cc(C)c(O)c(C)c3)c2)cc(C)c1O.Cc1cc(C(C)(c2cc(C)c(O)c(C)c2)c2cc(C)c(O)c(C)c2)cc(C)c1O.Cc1cc(C2(c3cc(C)c(O)c(C)c3)CCC(c3cc(C)c(O)c(C)c3)(c3cc(C)c(O)c(C)c3)CC2)cc(C)c1O. The number of hydrogen-bond acceptors (Lipinski definition) is 14. The summed E-state index contributed by atoms with van der Waals surface area (Å²) < 4.78 is 0. The van der Waals surface area contributed by atoms with Crippen LogP contribution < -0.4 is 0 Å². The summed E-state index contributed by atoms with van der Waals surface area (Å²) in [6, 6.07) is 61.9. The molecule has 1 aliphatic rings. The van der Waals surface area contributed by atoms with Gasteiger partial charge in [0.15, 0.2) is 11.6 Å². The van der Waals surface area contributed by atoms with E-state index in [0.29, 0.717) is 68.6 Å². The van der Waals surface area contributed by atoms with E-state index in [4.69, 9.17) is 0 Å². The molecular formula is C131H152O14. The first-order valence-electron chi connectivity index (χ1n) is 50.3. The quantitative estimate of drug-likeness (QED) is 0.0281. The van der Waals surface area contributed by atoms with Gasteiger partial charge in [-0.25, -0.2) is 0 Å². The molecule has 15 rings (SSSR count). The van der Waals surface area contributed by atoms with Gasteiger partial charge in [-0.05, 0) is 460 Å². The van der Waals surface area contributed by atoms with Gasteiger partial charge >= 0.3 is 0 Å². The molecule has 14 aromatic carbocycles. The Morgan fingerprint density at radius 2 is 0.283 bits per heavy atom. The third-order valence-corrected chi connectivity index (χ3v) is 32.5. The number of ketones is 2. The first kappa shape index (κ1) is 110. The summed E-state index contributed by atoms with van der Waals surface area (Å²) in [5.74, 6) is 3.58. The average molecular weight is 1950 g/mol. The summed E-state index contributed by atoms with van der Waals surface area (Å²) in [4.78, 5) is 24.6. The smallest absolute Gasteiger partial charge is 0.159 e. The van der Waals surface area contributed by atoms with Gasteiger partial charge in [-0.15, -0.1) is 0 Å². The number of phenolic OH excluding ortho intramolecular Hbond substituents is 12. The number of rotatable bonds is 18. The largest absolute Gasteiger partial charge is 0.507 e. The van der Waals surface area contributed by atoms with Crippen molar-refractivity contribution in [3.8, 4) is 69.0 Å². The van der Waals surface area contributed by atoms with Gasteiger partial charge in [0.05, 0.1) is 0 Å². The van der Waals surface area contributed by atoms with Crippen molar-refractivity contribution >= 4 is 11.6 Å². The lowest BCUT2D eigenvalue weighted by Crippen LogP contribution is -2.41. The zero-order valence-corrected chi connectivity index (χ0v) is 91.8. The van der Waals surface area contributed by atoms with E-state index in [0.717, 1.165) is 209 Å². The average Bonchev–Trinajstić information content (AvgIpc) is 0.722. The van der Waals surface area contributed by atoms with Crippen LogP contribution in [0.5, 0.6) is 69.0 Å². The monoisotopic (exact) mass is 1950 g/mol. The van der Waals surface area contributed by atoms with Crippen molar-refractivity contribution in [2.45, 2.75) is 299 Å². The maximum atomic E-state index is 12.3. The summed E-state index contributed by atoms with van der Waals surface area (Å²) in [6.07, 6.45) is 3.38. The third-order valence-electron chi connectivity index (χ3n) is 32.5. The Morgan fingerprint density at radius 3 is 0.414 bits per heavy atom. The van der Waals surface area contributed by atoms with E-state index in [1.165, 1.54) is 52.8 Å². The molecule has 1 aliphatic carbocycles. The van der Waals surface area contributed by atoms with Gasteiger partial charge < -0.3 is 61.3 Å². The Labute approximate surface area is 860 Å². The molecule has 0 atom stereocenters. The molecule has 0 unspecified atom stereocenters. The Kier molecular flexibility index (Phi) is 31.0. The van der Waals surface area contributed by atoms with E-state index in [1.807, 2.05) is 246 Å². The van der Waals surface area contributed by atoms with Crippen LogP contribution in [0.25, 0.3) is 0 Å². The highest BCUT2D eigenvalue weighted by Gasteiger charge is 2.49. The Bertz CT molecular complexity index is 6530. The topological polar surface area (TPSA) is 277 Å². The van der Waals surface area contributed by atoms with E-state index in [1.54, 1.807) is 6.07 Å². The molecule has 1 saturated carbocycles. The Hall–Kier alpha value is -14.0. The highest BCUT2D eigenvalue weighted by atomic mass is 16.3. The van der Waals surface area contributed by atoms with Crippen LogP contribution in [0.3, 0.4) is 0 Å². The van der Waals surface area contributed by atoms with E-state index in [2.05, 4.69) is 152 Å². The van der Waals surface area contributed by atoms with Crippen molar-refractivity contribution in [3.63, 3.8) is 0 Å². The number of benzene rings is 14. The normalized spacial score (nSPS) is 13.1. The van der Waals surface area contributed by atoms with Gasteiger partial charge in [-0.3, -0.25) is 9.59 Å². The molecule has 14 nitrogen and oxygen atoms in total. The molecule has 0 aliphatic heterocycles. The van der Waals surface area contributed by atoms with Crippen LogP contribution >= 0.6 is 0 Å². The van der Waals surface area contributed by atoms with Gasteiger partial charge in [-0.2, -0.15) is 0 Å². The predicted octanol–water partition coefficient (Wildman–Crippen LogP) is 30.6. The van der Waals surface area contributed by atoms with Crippen LogP contribution in [-0.2, 0) is 37.9 Å². The lowest BCUT2D eigenvalue weighted by molar-refractivity contribution is 0.101. The second-order valence-corrected chi connectivity index (χ2v) is 44.5. The number of carbonyl (C=O) groups is 2. The van der Waals surface area contributed by atoms with Crippen molar-refractivity contribution < 1.29 is 70.9 Å². The minimum atomic E-state index is -0.748. The minimum absolute atomic E-state index is 0.118. The first-order valence-corrected chi connectivity index (χ1v) is 50.3. The molecule has 0 spiro atoms. The zero-order chi connectivity index (χ0) is 108. The van der Waals surface area contributed by atoms with Gasteiger partial charge in [0.2, 0.25) is 0 Å². The molecule has 145 heavy (non-hydrogen) atoms.